The van der Waals surface area contributed by atoms with Crippen LogP contribution in [0, 0.1) is 0 Å². The van der Waals surface area contributed by atoms with Crippen molar-refractivity contribution in [2.45, 2.75) is 116 Å². The Morgan fingerprint density at radius 3 is 1.74 bits per heavy atom. The Balaban J connectivity index is 2.83. The van der Waals surface area contributed by atoms with E-state index in [1.807, 2.05) is 0 Å². The van der Waals surface area contributed by atoms with Crippen LogP contribution in [0.1, 0.15) is 98.3 Å². The molecule has 0 saturated carbocycles. The normalized spacial score (nSPS) is 19.6. The van der Waals surface area contributed by atoms with Crippen molar-refractivity contribution in [3.8, 4) is 0 Å². The van der Waals surface area contributed by atoms with E-state index < -0.39 is 18.4 Å². The Labute approximate surface area is 151 Å². The maximum atomic E-state index is 3.01. The molecule has 1 nitrogen and oxygen atoms in total. The van der Waals surface area contributed by atoms with Gasteiger partial charge in [-0.2, -0.15) is 0 Å². The molecule has 0 aliphatic carbocycles. The van der Waals surface area contributed by atoms with E-state index in [9.17, 15) is 0 Å². The topological polar surface area (TPSA) is 3.24 Å². The molecule has 1 heterocycles. The quantitative estimate of drug-likeness (QED) is 0.211. The van der Waals surface area contributed by atoms with E-state index in [0.717, 1.165) is 4.06 Å². The first-order valence-electron chi connectivity index (χ1n) is 11.0. The summed E-state index contributed by atoms with van der Waals surface area (Å²) in [6, 6.07) is 0. The number of nitrogens with zero attached hydrogens (tertiary/aromatic N) is 1. The zero-order valence-electron chi connectivity index (χ0n) is 16.8. The fraction of sp³-hybridized carbons (Fsp3) is 1.00. The first-order valence-corrected chi connectivity index (χ1v) is 18.7. The first kappa shape index (κ1) is 21.8. The van der Waals surface area contributed by atoms with Crippen molar-refractivity contribution in [3.05, 3.63) is 0 Å². The van der Waals surface area contributed by atoms with Gasteiger partial charge in [0.1, 0.15) is 0 Å². The number of unbranched alkanes of at least 4 members (excludes halogenated alkanes) is 5. The van der Waals surface area contributed by atoms with Gasteiger partial charge in [-0.15, -0.1) is 0 Å². The van der Waals surface area contributed by atoms with Crippen LogP contribution in [0.2, 0.25) is 13.3 Å². The second kappa shape index (κ2) is 13.0. The molecule has 0 spiro atoms. The summed E-state index contributed by atoms with van der Waals surface area (Å²) in [6.45, 7) is 12.4. The molecule has 1 fully saturated rings. The molecular weight excluding hydrogens is 385 g/mol. The Bertz CT molecular complexity index is 257. The monoisotopic (exact) mass is 431 g/mol. The first-order chi connectivity index (χ1) is 11.2. The van der Waals surface area contributed by atoms with E-state index in [-0.39, 0.29) is 0 Å². The molecule has 0 N–H and O–H groups in total. The second-order valence-electron chi connectivity index (χ2n) is 8.07. The number of hydrogen-bond donors (Lipinski definition) is 0. The van der Waals surface area contributed by atoms with Crippen molar-refractivity contribution in [2.24, 2.45) is 0 Å². The van der Waals surface area contributed by atoms with Gasteiger partial charge >= 0.3 is 152 Å². The second-order valence-corrected chi connectivity index (χ2v) is 22.0. The van der Waals surface area contributed by atoms with Crippen LogP contribution >= 0.6 is 0 Å². The molecule has 0 aromatic heterocycles. The van der Waals surface area contributed by atoms with E-state index in [1.165, 1.54) is 77.3 Å². The molecule has 1 saturated heterocycles. The molecule has 0 bridgehead atoms. The summed E-state index contributed by atoms with van der Waals surface area (Å²) < 4.78 is 6.19. The molecule has 1 atom stereocenters. The minimum atomic E-state index is -2.02. The van der Waals surface area contributed by atoms with Gasteiger partial charge in [-0.3, -0.25) is 0 Å². The molecule has 0 aromatic carbocycles. The maximum absolute atomic E-state index is 3.01. The van der Waals surface area contributed by atoms with Gasteiger partial charge in [0.15, 0.2) is 0 Å². The van der Waals surface area contributed by atoms with Crippen LogP contribution in [0.5, 0.6) is 0 Å². The van der Waals surface area contributed by atoms with Crippen molar-refractivity contribution < 1.29 is 0 Å². The van der Waals surface area contributed by atoms with Crippen LogP contribution < -0.4 is 0 Å². The number of likely N-dealkylation sites (tertiary alicyclic amines) is 1. The Morgan fingerprint density at radius 1 is 0.739 bits per heavy atom. The van der Waals surface area contributed by atoms with E-state index in [4.69, 9.17) is 0 Å². The summed E-state index contributed by atoms with van der Waals surface area (Å²) in [7, 11) is 0. The van der Waals surface area contributed by atoms with Crippen molar-refractivity contribution in [1.82, 2.24) is 4.90 Å². The van der Waals surface area contributed by atoms with Gasteiger partial charge in [-0.1, -0.05) is 0 Å². The standard InChI is InChI=1S/C9H18N.3C4H9.Sn/c1-2-3-4-7-10-8-5-6-9-10;3*1-3-4-2;/h8H,2-7,9H2,1H3;3*1,3-4H2,2H3;. The zero-order chi connectivity index (χ0) is 17.0. The summed E-state index contributed by atoms with van der Waals surface area (Å²) in [6.07, 6.45) is 16.2. The molecule has 1 aliphatic rings. The zero-order valence-corrected chi connectivity index (χ0v) is 19.7. The third-order valence-corrected chi connectivity index (χ3v) is 23.7. The molecule has 0 radical (unpaired) electrons. The molecule has 2 heteroatoms. The SMILES string of the molecule is CCCCCN1CCC[C@@H]1[Sn]([CH2]CCC)([CH2]CCC)[CH2]CCC. The van der Waals surface area contributed by atoms with Gasteiger partial charge in [0, 0.05) is 0 Å². The number of rotatable bonds is 14. The van der Waals surface area contributed by atoms with E-state index in [0.29, 0.717) is 0 Å². The van der Waals surface area contributed by atoms with Crippen LogP contribution in [0.3, 0.4) is 0 Å². The third-order valence-electron chi connectivity index (χ3n) is 6.20. The molecule has 0 unspecified atom stereocenters. The van der Waals surface area contributed by atoms with Gasteiger partial charge in [-0.05, 0) is 0 Å². The van der Waals surface area contributed by atoms with E-state index >= 15 is 0 Å². The van der Waals surface area contributed by atoms with Crippen LogP contribution in [-0.4, -0.2) is 40.4 Å². The van der Waals surface area contributed by atoms with Gasteiger partial charge in [0.25, 0.3) is 0 Å². The summed E-state index contributed by atoms with van der Waals surface area (Å²) in [5.74, 6) is 0. The molecule has 0 amide bonds. The molecular formula is C21H45NSn. The molecule has 138 valence electrons. The van der Waals surface area contributed by atoms with Gasteiger partial charge < -0.3 is 0 Å². The fourth-order valence-corrected chi connectivity index (χ4v) is 24.1. The van der Waals surface area contributed by atoms with Crippen molar-refractivity contribution >= 4 is 18.4 Å². The Morgan fingerprint density at radius 2 is 1.26 bits per heavy atom. The summed E-state index contributed by atoms with van der Waals surface area (Å²) in [5, 5.41) is 0. The van der Waals surface area contributed by atoms with E-state index in [2.05, 4.69) is 32.6 Å². The van der Waals surface area contributed by atoms with Gasteiger partial charge in [-0.25, -0.2) is 0 Å². The summed E-state index contributed by atoms with van der Waals surface area (Å²) in [4.78, 5) is 3.01. The fourth-order valence-electron chi connectivity index (χ4n) is 4.81. The van der Waals surface area contributed by atoms with Crippen LogP contribution in [0.25, 0.3) is 0 Å². The Hall–Kier alpha value is 0.759. The third kappa shape index (κ3) is 7.26. The average molecular weight is 430 g/mol. The molecule has 23 heavy (non-hydrogen) atoms. The Kier molecular flexibility index (Phi) is 12.3. The predicted octanol–water partition coefficient (Wildman–Crippen LogP) is 7.03. The number of hydrogen-bond acceptors (Lipinski definition) is 1. The van der Waals surface area contributed by atoms with Crippen LogP contribution in [-0.2, 0) is 0 Å². The average Bonchev–Trinajstić information content (AvgIpc) is 3.04. The van der Waals surface area contributed by atoms with Crippen LogP contribution in [0.4, 0.5) is 0 Å². The summed E-state index contributed by atoms with van der Waals surface area (Å²) >= 11 is -2.02. The molecule has 0 aromatic rings. The van der Waals surface area contributed by atoms with Gasteiger partial charge in [0.05, 0.1) is 0 Å². The minimum absolute atomic E-state index is 1.10. The molecule has 1 rings (SSSR count). The predicted molar refractivity (Wildman–Crippen MR) is 109 cm³/mol. The van der Waals surface area contributed by atoms with Crippen molar-refractivity contribution in [2.75, 3.05) is 13.1 Å². The van der Waals surface area contributed by atoms with Gasteiger partial charge in [0.2, 0.25) is 0 Å². The van der Waals surface area contributed by atoms with Crippen LogP contribution in [0.15, 0.2) is 0 Å². The van der Waals surface area contributed by atoms with Crippen molar-refractivity contribution in [3.63, 3.8) is 0 Å². The molecule has 1 aliphatic heterocycles. The van der Waals surface area contributed by atoms with E-state index in [1.54, 1.807) is 19.7 Å². The summed E-state index contributed by atoms with van der Waals surface area (Å²) in [5.41, 5.74) is 0. The van der Waals surface area contributed by atoms with Crippen molar-refractivity contribution in [1.29, 1.82) is 0 Å².